The largest absolute Gasteiger partial charge is 0.355 e. The summed E-state index contributed by atoms with van der Waals surface area (Å²) in [6, 6.07) is 15.7. The van der Waals surface area contributed by atoms with Gasteiger partial charge in [-0.05, 0) is 48.3 Å². The van der Waals surface area contributed by atoms with Gasteiger partial charge in [0.25, 0.3) is 0 Å². The highest BCUT2D eigenvalue weighted by atomic mass is 127. The van der Waals surface area contributed by atoms with E-state index in [0.717, 1.165) is 25.6 Å². The Morgan fingerprint density at radius 3 is 2.72 bits per heavy atom. The van der Waals surface area contributed by atoms with Crippen molar-refractivity contribution in [3.05, 3.63) is 48.0 Å². The third-order valence-corrected chi connectivity index (χ3v) is 4.91. The molecule has 1 unspecified atom stereocenters. The number of nitrogens with one attached hydrogen (secondary N) is 2. The second kappa shape index (κ2) is 9.97. The summed E-state index contributed by atoms with van der Waals surface area (Å²) in [7, 11) is 1.84. The lowest BCUT2D eigenvalue weighted by Gasteiger charge is -2.24. The molecule has 3 rings (SSSR count). The van der Waals surface area contributed by atoms with Crippen LogP contribution in [0.25, 0.3) is 10.8 Å². The average Bonchev–Trinajstić information content (AvgIpc) is 3.09. The molecule has 0 radical (unpaired) electrons. The fourth-order valence-electron chi connectivity index (χ4n) is 3.51. The molecule has 0 saturated carbocycles. The Hall–Kier alpha value is -1.34. The van der Waals surface area contributed by atoms with Crippen molar-refractivity contribution in [1.29, 1.82) is 0 Å². The lowest BCUT2D eigenvalue weighted by atomic mass is 10.1. The first-order chi connectivity index (χ1) is 11.8. The van der Waals surface area contributed by atoms with Crippen molar-refractivity contribution in [2.24, 2.45) is 4.99 Å². The van der Waals surface area contributed by atoms with Crippen LogP contribution in [0.2, 0.25) is 0 Å². The highest BCUT2D eigenvalue weighted by molar-refractivity contribution is 14.0. The smallest absolute Gasteiger partial charge is 0.191 e. The fraction of sp³-hybridized carbons (Fsp3) is 0.450. The van der Waals surface area contributed by atoms with E-state index in [1.165, 1.54) is 35.7 Å². The molecule has 0 bridgehead atoms. The lowest BCUT2D eigenvalue weighted by molar-refractivity contribution is 0.267. The van der Waals surface area contributed by atoms with Crippen molar-refractivity contribution in [2.45, 2.75) is 32.4 Å². The first kappa shape index (κ1) is 20.0. The van der Waals surface area contributed by atoms with Gasteiger partial charge in [0.05, 0.1) is 0 Å². The number of fused-ring (bicyclic) bond motifs is 1. The van der Waals surface area contributed by atoms with Crippen LogP contribution in [0.3, 0.4) is 0 Å². The summed E-state index contributed by atoms with van der Waals surface area (Å²) in [5, 5.41) is 9.47. The highest BCUT2D eigenvalue weighted by Crippen LogP contribution is 2.16. The molecule has 0 aromatic heterocycles. The molecule has 136 valence electrons. The maximum atomic E-state index is 4.35. The van der Waals surface area contributed by atoms with Gasteiger partial charge < -0.3 is 10.6 Å². The highest BCUT2D eigenvalue weighted by Gasteiger charge is 2.22. The number of hydrogen-bond acceptors (Lipinski definition) is 2. The third kappa shape index (κ3) is 5.31. The van der Waals surface area contributed by atoms with E-state index in [0.29, 0.717) is 6.04 Å². The van der Waals surface area contributed by atoms with Gasteiger partial charge in [0.15, 0.2) is 5.96 Å². The van der Waals surface area contributed by atoms with Crippen molar-refractivity contribution in [3.8, 4) is 0 Å². The van der Waals surface area contributed by atoms with Crippen LogP contribution in [-0.2, 0) is 6.54 Å². The predicted molar refractivity (Wildman–Crippen MR) is 118 cm³/mol. The van der Waals surface area contributed by atoms with Gasteiger partial charge in [0, 0.05) is 26.2 Å². The van der Waals surface area contributed by atoms with Crippen LogP contribution in [0, 0.1) is 0 Å². The standard InChI is InChI=1S/C20H28N4.HI/c1-3-24-12-6-9-19(24)15-23-20(21-2)22-14-16-10-11-17-7-4-5-8-18(17)13-16;/h4-5,7-8,10-11,13,19H,3,6,9,12,14-15H2,1-2H3,(H2,21,22,23);1H. The zero-order chi connectivity index (χ0) is 16.8. The summed E-state index contributed by atoms with van der Waals surface area (Å²) < 4.78 is 0. The molecule has 1 aliphatic rings. The van der Waals surface area contributed by atoms with Gasteiger partial charge in [-0.25, -0.2) is 0 Å². The van der Waals surface area contributed by atoms with Gasteiger partial charge >= 0.3 is 0 Å². The molecule has 1 heterocycles. The van der Waals surface area contributed by atoms with Gasteiger partial charge in [-0.3, -0.25) is 9.89 Å². The molecule has 0 spiro atoms. The summed E-state index contributed by atoms with van der Waals surface area (Å²) in [4.78, 5) is 6.90. The summed E-state index contributed by atoms with van der Waals surface area (Å²) in [6.07, 6.45) is 2.59. The van der Waals surface area contributed by atoms with Gasteiger partial charge in [-0.15, -0.1) is 24.0 Å². The predicted octanol–water partition coefficient (Wildman–Crippen LogP) is 3.61. The normalized spacial score (nSPS) is 18.2. The van der Waals surface area contributed by atoms with E-state index in [4.69, 9.17) is 0 Å². The number of rotatable bonds is 5. The summed E-state index contributed by atoms with van der Waals surface area (Å²) in [6.45, 7) is 6.35. The maximum absolute atomic E-state index is 4.35. The Morgan fingerprint density at radius 1 is 1.16 bits per heavy atom. The Balaban J connectivity index is 0.00000225. The minimum Gasteiger partial charge on any atom is -0.355 e. The Kier molecular flexibility index (Phi) is 7.96. The number of hydrogen-bond donors (Lipinski definition) is 2. The molecular weight excluding hydrogens is 423 g/mol. The minimum atomic E-state index is 0. The number of halogens is 1. The molecule has 1 aliphatic heterocycles. The van der Waals surface area contributed by atoms with Crippen LogP contribution < -0.4 is 10.6 Å². The van der Waals surface area contributed by atoms with Crippen LogP contribution in [0.5, 0.6) is 0 Å². The van der Waals surface area contributed by atoms with E-state index < -0.39 is 0 Å². The summed E-state index contributed by atoms with van der Waals surface area (Å²) in [5.41, 5.74) is 1.27. The topological polar surface area (TPSA) is 39.7 Å². The minimum absolute atomic E-state index is 0. The van der Waals surface area contributed by atoms with E-state index in [1.807, 2.05) is 7.05 Å². The number of benzene rings is 2. The Morgan fingerprint density at radius 2 is 1.96 bits per heavy atom. The van der Waals surface area contributed by atoms with Gasteiger partial charge in [0.1, 0.15) is 0 Å². The molecule has 4 nitrogen and oxygen atoms in total. The molecule has 5 heteroatoms. The SMILES string of the molecule is CCN1CCCC1CNC(=NC)NCc1ccc2ccccc2c1.I. The molecule has 1 fully saturated rings. The third-order valence-electron chi connectivity index (χ3n) is 4.91. The zero-order valence-corrected chi connectivity index (χ0v) is 17.5. The zero-order valence-electron chi connectivity index (χ0n) is 15.2. The maximum Gasteiger partial charge on any atom is 0.191 e. The number of likely N-dealkylation sites (N-methyl/N-ethyl adjacent to an activating group) is 1. The quantitative estimate of drug-likeness (QED) is 0.414. The van der Waals surface area contributed by atoms with Crippen LogP contribution in [0.15, 0.2) is 47.5 Å². The van der Waals surface area contributed by atoms with Crippen molar-refractivity contribution in [3.63, 3.8) is 0 Å². The molecule has 2 N–H and O–H groups in total. The molecule has 0 amide bonds. The van der Waals surface area contributed by atoms with Crippen molar-refractivity contribution in [2.75, 3.05) is 26.7 Å². The van der Waals surface area contributed by atoms with Gasteiger partial charge in [-0.1, -0.05) is 43.3 Å². The van der Waals surface area contributed by atoms with Crippen LogP contribution in [0.1, 0.15) is 25.3 Å². The molecule has 1 saturated heterocycles. The lowest BCUT2D eigenvalue weighted by Crippen LogP contribution is -2.44. The van der Waals surface area contributed by atoms with E-state index in [9.17, 15) is 0 Å². The number of aliphatic imine (C=N–C) groups is 1. The Bertz CT molecular complexity index is 701. The van der Waals surface area contributed by atoms with Crippen molar-refractivity contribution in [1.82, 2.24) is 15.5 Å². The van der Waals surface area contributed by atoms with E-state index >= 15 is 0 Å². The molecule has 2 aromatic carbocycles. The number of guanidine groups is 1. The van der Waals surface area contributed by atoms with Crippen LogP contribution in [-0.4, -0.2) is 43.6 Å². The molecule has 0 aliphatic carbocycles. The molecule has 1 atom stereocenters. The number of likely N-dealkylation sites (tertiary alicyclic amines) is 1. The van der Waals surface area contributed by atoms with E-state index in [-0.39, 0.29) is 24.0 Å². The fourth-order valence-corrected chi connectivity index (χ4v) is 3.51. The monoisotopic (exact) mass is 452 g/mol. The molecule has 2 aromatic rings. The van der Waals surface area contributed by atoms with Gasteiger partial charge in [0.2, 0.25) is 0 Å². The second-order valence-corrected chi connectivity index (χ2v) is 6.41. The molecular formula is C20H29IN4. The average molecular weight is 452 g/mol. The van der Waals surface area contributed by atoms with E-state index in [2.05, 4.69) is 69.9 Å². The second-order valence-electron chi connectivity index (χ2n) is 6.41. The van der Waals surface area contributed by atoms with Crippen molar-refractivity contribution < 1.29 is 0 Å². The summed E-state index contributed by atoms with van der Waals surface area (Å²) in [5.74, 6) is 0.881. The van der Waals surface area contributed by atoms with Crippen molar-refractivity contribution >= 4 is 40.7 Å². The molecule has 25 heavy (non-hydrogen) atoms. The number of nitrogens with zero attached hydrogens (tertiary/aromatic N) is 2. The van der Waals surface area contributed by atoms with Gasteiger partial charge in [-0.2, -0.15) is 0 Å². The Labute approximate surface area is 168 Å². The first-order valence-electron chi connectivity index (χ1n) is 8.96. The van der Waals surface area contributed by atoms with Crippen LogP contribution in [0.4, 0.5) is 0 Å². The van der Waals surface area contributed by atoms with Crippen LogP contribution >= 0.6 is 24.0 Å². The van der Waals surface area contributed by atoms with E-state index in [1.54, 1.807) is 0 Å². The summed E-state index contributed by atoms with van der Waals surface area (Å²) >= 11 is 0. The first-order valence-corrected chi connectivity index (χ1v) is 8.96.